The third-order valence-corrected chi connectivity index (χ3v) is 4.57. The van der Waals surface area contributed by atoms with Crippen molar-refractivity contribution in [3.63, 3.8) is 0 Å². The van der Waals surface area contributed by atoms with Crippen molar-refractivity contribution in [2.45, 2.75) is 6.55 Å². The van der Waals surface area contributed by atoms with Crippen LogP contribution in [0.3, 0.4) is 0 Å². The highest BCUT2D eigenvalue weighted by molar-refractivity contribution is 7.11. The van der Waals surface area contributed by atoms with Crippen LogP contribution in [0.4, 0.5) is 0 Å². The van der Waals surface area contributed by atoms with Crippen LogP contribution in [0.1, 0.15) is 0 Å². The molecule has 0 fully saturated rings. The molecule has 0 aromatic rings. The van der Waals surface area contributed by atoms with Gasteiger partial charge in [-0.2, -0.15) is 0 Å². The Morgan fingerprint density at radius 2 is 2.50 bits per heavy atom. The summed E-state index contributed by atoms with van der Waals surface area (Å²) >= 11 is 0. The molecule has 35 valence electrons. The van der Waals surface area contributed by atoms with Gasteiger partial charge in [0.2, 0.25) is 0 Å². The molecule has 0 amide bonds. The lowest BCUT2D eigenvalue weighted by Gasteiger charge is -1.86. The minimum Gasteiger partial charge on any atom is -0.310 e. The second kappa shape index (κ2) is 3.33. The Morgan fingerprint density at radius 3 is 2.50 bits per heavy atom. The normalized spacial score (nSPS) is 15.7. The quantitative estimate of drug-likeness (QED) is 0.438. The van der Waals surface area contributed by atoms with Gasteiger partial charge in [-0.15, -0.1) is 12.3 Å². The SMILES string of the molecule is C=C[SiH](C)[SiH2][O]. The minimum absolute atomic E-state index is 0.813. The van der Waals surface area contributed by atoms with Gasteiger partial charge in [0.25, 0.3) is 0 Å². The van der Waals surface area contributed by atoms with Gasteiger partial charge in [0.15, 0.2) is 9.28 Å². The van der Waals surface area contributed by atoms with Gasteiger partial charge < -0.3 is 4.80 Å². The highest BCUT2D eigenvalue weighted by Crippen LogP contribution is 1.73. The first kappa shape index (κ1) is 6.13. The standard InChI is InChI=1S/C3H9OSi2/c1-3-6(2)5-4/h3,6H,1,5H2,2H3. The van der Waals surface area contributed by atoms with Crippen molar-refractivity contribution in [1.29, 1.82) is 0 Å². The van der Waals surface area contributed by atoms with Gasteiger partial charge >= 0.3 is 0 Å². The highest BCUT2D eigenvalue weighted by atomic mass is 29.2. The summed E-state index contributed by atoms with van der Waals surface area (Å²) in [6.07, 6.45) is 0. The van der Waals surface area contributed by atoms with Crippen LogP contribution in [0.15, 0.2) is 12.3 Å². The molecule has 0 saturated carbocycles. The molecule has 6 heavy (non-hydrogen) atoms. The van der Waals surface area contributed by atoms with Crippen LogP contribution in [-0.4, -0.2) is 17.6 Å². The van der Waals surface area contributed by atoms with Crippen LogP contribution >= 0.6 is 0 Å². The summed E-state index contributed by atoms with van der Waals surface area (Å²) in [6, 6.07) is 0. The molecule has 1 atom stereocenters. The number of hydrogen-bond acceptors (Lipinski definition) is 0. The summed E-state index contributed by atoms with van der Waals surface area (Å²) in [6.45, 7) is 5.58. The van der Waals surface area contributed by atoms with Crippen molar-refractivity contribution in [3.8, 4) is 0 Å². The van der Waals surface area contributed by atoms with Gasteiger partial charge in [-0.05, 0) is 0 Å². The molecule has 0 heterocycles. The lowest BCUT2D eigenvalue weighted by Crippen LogP contribution is -2.11. The monoisotopic (exact) mass is 117 g/mol. The Labute approximate surface area is 42.0 Å². The van der Waals surface area contributed by atoms with E-state index in [4.69, 9.17) is 0 Å². The van der Waals surface area contributed by atoms with Crippen LogP contribution in [0, 0.1) is 0 Å². The van der Waals surface area contributed by atoms with Crippen LogP contribution < -0.4 is 0 Å². The largest absolute Gasteiger partial charge is 0.310 e. The fraction of sp³-hybridized carbons (Fsp3) is 0.333. The van der Waals surface area contributed by atoms with Gasteiger partial charge in [0.1, 0.15) is 0 Å². The molecule has 0 spiro atoms. The maximum atomic E-state index is 9.99. The smallest absolute Gasteiger partial charge is 0.196 e. The van der Waals surface area contributed by atoms with Gasteiger partial charge in [-0.3, -0.25) is 0 Å². The highest BCUT2D eigenvalue weighted by Gasteiger charge is 1.93. The lowest BCUT2D eigenvalue weighted by atomic mass is 11.3. The van der Waals surface area contributed by atoms with Gasteiger partial charge in [-0.1, -0.05) is 6.55 Å². The summed E-state index contributed by atoms with van der Waals surface area (Å²) in [4.78, 5) is 9.99. The number of hydrogen-bond donors (Lipinski definition) is 0. The first-order valence-corrected chi connectivity index (χ1v) is 7.68. The first-order valence-electron chi connectivity index (χ1n) is 2.02. The van der Waals surface area contributed by atoms with E-state index in [0.717, 1.165) is 0 Å². The van der Waals surface area contributed by atoms with Gasteiger partial charge in [0.05, 0.1) is 8.31 Å². The summed E-state index contributed by atoms with van der Waals surface area (Å²) in [5, 5.41) is 0. The summed E-state index contributed by atoms with van der Waals surface area (Å²) in [5.74, 6) is 0. The molecule has 0 aliphatic heterocycles. The third kappa shape index (κ3) is 2.38. The molecule has 0 aromatic carbocycles. The molecule has 1 nitrogen and oxygen atoms in total. The van der Waals surface area contributed by atoms with E-state index in [1.807, 2.05) is 12.2 Å². The van der Waals surface area contributed by atoms with Crippen LogP contribution in [0.25, 0.3) is 0 Å². The Bertz CT molecular complexity index is 46.1. The van der Waals surface area contributed by atoms with E-state index in [0.29, 0.717) is 0 Å². The van der Waals surface area contributed by atoms with Crippen molar-refractivity contribution in [2.24, 2.45) is 0 Å². The molecule has 0 aromatic heterocycles. The zero-order valence-corrected chi connectivity index (χ0v) is 6.55. The second-order valence-electron chi connectivity index (χ2n) is 1.38. The fourth-order valence-corrected chi connectivity index (χ4v) is 0.612. The molecular formula is C3H9OSi2. The molecular weight excluding hydrogens is 108 g/mol. The summed E-state index contributed by atoms with van der Waals surface area (Å²) in [5.41, 5.74) is 1.86. The van der Waals surface area contributed by atoms with E-state index in [1.54, 1.807) is 0 Å². The predicted molar refractivity (Wildman–Crippen MR) is 32.4 cm³/mol. The van der Waals surface area contributed by atoms with E-state index in [-0.39, 0.29) is 0 Å². The Kier molecular flexibility index (Phi) is 3.40. The maximum Gasteiger partial charge on any atom is 0.196 e. The second-order valence-corrected chi connectivity index (χ2v) is 9.00. The first-order chi connectivity index (χ1) is 2.81. The Balaban J connectivity index is 2.96. The summed E-state index contributed by atoms with van der Waals surface area (Å²) in [7, 11) is -1.70. The van der Waals surface area contributed by atoms with Crippen LogP contribution in [0.5, 0.6) is 0 Å². The molecule has 0 rings (SSSR count). The van der Waals surface area contributed by atoms with Crippen molar-refractivity contribution in [3.05, 3.63) is 12.3 Å². The third-order valence-electron chi connectivity index (χ3n) is 0.665. The van der Waals surface area contributed by atoms with Gasteiger partial charge in [0, 0.05) is 0 Å². The van der Waals surface area contributed by atoms with Gasteiger partial charge in [-0.25, -0.2) is 0 Å². The topological polar surface area (TPSA) is 19.9 Å². The molecule has 1 radical (unpaired) electrons. The van der Waals surface area contributed by atoms with E-state index >= 15 is 0 Å². The van der Waals surface area contributed by atoms with E-state index in [2.05, 4.69) is 6.58 Å². The van der Waals surface area contributed by atoms with E-state index < -0.39 is 17.6 Å². The Morgan fingerprint density at radius 1 is 2.00 bits per heavy atom. The molecule has 0 bridgehead atoms. The summed E-state index contributed by atoms with van der Waals surface area (Å²) < 4.78 is 0. The average molecular weight is 117 g/mol. The number of rotatable bonds is 2. The zero-order chi connectivity index (χ0) is 4.99. The van der Waals surface area contributed by atoms with E-state index in [1.165, 1.54) is 0 Å². The van der Waals surface area contributed by atoms with E-state index in [9.17, 15) is 4.80 Å². The molecule has 0 N–H and O–H groups in total. The fourth-order valence-electron chi connectivity index (χ4n) is 0.0680. The molecule has 0 aliphatic carbocycles. The maximum absolute atomic E-state index is 9.99. The van der Waals surface area contributed by atoms with Crippen molar-refractivity contribution >= 4 is 17.6 Å². The molecule has 0 saturated heterocycles. The predicted octanol–water partition coefficient (Wildman–Crippen LogP) is -0.421. The lowest BCUT2D eigenvalue weighted by molar-refractivity contribution is 0.488. The minimum atomic E-state index is -0.891. The van der Waals surface area contributed by atoms with Crippen molar-refractivity contribution in [2.75, 3.05) is 0 Å². The van der Waals surface area contributed by atoms with Crippen LogP contribution in [-0.2, 0) is 4.80 Å². The average Bonchev–Trinajstić information content (AvgIpc) is 1.65. The molecule has 1 unspecified atom stereocenters. The van der Waals surface area contributed by atoms with Crippen LogP contribution in [0.2, 0.25) is 6.55 Å². The van der Waals surface area contributed by atoms with Crippen molar-refractivity contribution in [1.82, 2.24) is 0 Å². The molecule has 0 aliphatic rings. The Hall–Kier alpha value is 0.134. The molecule has 3 heteroatoms. The zero-order valence-electron chi connectivity index (χ0n) is 3.98. The van der Waals surface area contributed by atoms with Crippen molar-refractivity contribution < 1.29 is 4.80 Å².